The molecule has 0 bridgehead atoms. The summed E-state index contributed by atoms with van der Waals surface area (Å²) in [6.07, 6.45) is 0.558. The Morgan fingerprint density at radius 3 is 2.17 bits per heavy atom. The van der Waals surface area contributed by atoms with Gasteiger partial charge in [-0.3, -0.25) is 9.59 Å². The van der Waals surface area contributed by atoms with Crippen molar-refractivity contribution in [1.29, 1.82) is 0 Å². The number of aromatic nitrogens is 2. The highest BCUT2D eigenvalue weighted by Crippen LogP contribution is 2.21. The molecule has 0 aromatic carbocycles. The number of methoxy groups -OCH3 is 3. The number of nitrogens with one attached hydrogen (secondary N) is 1. The first-order valence-corrected chi connectivity index (χ1v) is 7.14. The Labute approximate surface area is 140 Å². The summed E-state index contributed by atoms with van der Waals surface area (Å²) in [7, 11) is 4.10. The highest BCUT2D eigenvalue weighted by molar-refractivity contribution is 5.94. The lowest BCUT2D eigenvalue weighted by Crippen LogP contribution is -2.33. The summed E-state index contributed by atoms with van der Waals surface area (Å²) < 4.78 is 20.1. The van der Waals surface area contributed by atoms with Crippen LogP contribution in [0.4, 0.5) is 0 Å². The highest BCUT2D eigenvalue weighted by atomic mass is 16.5. The number of allylic oxidation sites excluding steroid dienone is 1. The zero-order chi connectivity index (χ0) is 18.1. The second-order valence-corrected chi connectivity index (χ2v) is 4.56. The van der Waals surface area contributed by atoms with Gasteiger partial charge in [0.15, 0.2) is 5.76 Å². The number of nitrogens with zero attached hydrogens (tertiary/aromatic N) is 2. The van der Waals surface area contributed by atoms with Gasteiger partial charge in [-0.25, -0.2) is 0 Å². The van der Waals surface area contributed by atoms with Gasteiger partial charge in [-0.05, 0) is 18.9 Å². The van der Waals surface area contributed by atoms with Gasteiger partial charge in [-0.15, -0.1) is 0 Å². The Bertz CT molecular complexity index is 607. The maximum Gasteiger partial charge on any atom is 0.328 e. The molecule has 132 valence electrons. The SMILES string of the molecule is CC/C(C)=C(\Oc1nc(OC)cc(OC)n1)C(=O)NCC(=O)OC. The number of hydrogen-bond donors (Lipinski definition) is 1. The fourth-order valence-corrected chi connectivity index (χ4v) is 1.52. The van der Waals surface area contributed by atoms with Gasteiger partial charge in [0.2, 0.25) is 11.8 Å². The first-order chi connectivity index (χ1) is 11.4. The molecule has 9 nitrogen and oxygen atoms in total. The van der Waals surface area contributed by atoms with Crippen LogP contribution in [-0.4, -0.2) is 49.7 Å². The van der Waals surface area contributed by atoms with Crippen LogP contribution < -0.4 is 19.5 Å². The largest absolute Gasteiger partial charge is 0.481 e. The van der Waals surface area contributed by atoms with E-state index in [1.165, 1.54) is 27.4 Å². The summed E-state index contributed by atoms with van der Waals surface area (Å²) in [6.45, 7) is 3.31. The van der Waals surface area contributed by atoms with Crippen molar-refractivity contribution in [1.82, 2.24) is 15.3 Å². The molecule has 1 amide bonds. The lowest BCUT2D eigenvalue weighted by Gasteiger charge is -2.12. The van der Waals surface area contributed by atoms with Crippen molar-refractivity contribution < 1.29 is 28.5 Å². The van der Waals surface area contributed by atoms with Gasteiger partial charge in [0.25, 0.3) is 5.91 Å². The van der Waals surface area contributed by atoms with E-state index in [9.17, 15) is 9.59 Å². The molecule has 24 heavy (non-hydrogen) atoms. The first-order valence-electron chi connectivity index (χ1n) is 7.14. The minimum Gasteiger partial charge on any atom is -0.481 e. The second-order valence-electron chi connectivity index (χ2n) is 4.56. The van der Waals surface area contributed by atoms with Crippen LogP contribution in [0.25, 0.3) is 0 Å². The van der Waals surface area contributed by atoms with E-state index in [0.29, 0.717) is 12.0 Å². The van der Waals surface area contributed by atoms with Crippen LogP contribution in [0.1, 0.15) is 20.3 Å². The quantitative estimate of drug-likeness (QED) is 0.422. The van der Waals surface area contributed by atoms with E-state index in [0.717, 1.165) is 0 Å². The van der Waals surface area contributed by atoms with Crippen molar-refractivity contribution in [3.63, 3.8) is 0 Å². The third-order valence-corrected chi connectivity index (χ3v) is 3.02. The van der Waals surface area contributed by atoms with E-state index in [1.54, 1.807) is 6.92 Å². The zero-order valence-corrected chi connectivity index (χ0v) is 14.3. The maximum absolute atomic E-state index is 12.3. The van der Waals surface area contributed by atoms with Crippen LogP contribution in [0.2, 0.25) is 0 Å². The minimum atomic E-state index is -0.579. The molecule has 1 aromatic heterocycles. The molecular weight excluding hydrogens is 318 g/mol. The van der Waals surface area contributed by atoms with Gasteiger partial charge >= 0.3 is 12.0 Å². The molecule has 1 aromatic rings. The number of hydrogen-bond acceptors (Lipinski definition) is 8. The fourth-order valence-electron chi connectivity index (χ4n) is 1.52. The average molecular weight is 339 g/mol. The van der Waals surface area contributed by atoms with Crippen LogP contribution >= 0.6 is 0 Å². The number of rotatable bonds is 8. The minimum absolute atomic E-state index is 0.00305. The van der Waals surface area contributed by atoms with E-state index >= 15 is 0 Å². The Morgan fingerprint density at radius 1 is 1.12 bits per heavy atom. The lowest BCUT2D eigenvalue weighted by atomic mass is 10.2. The average Bonchev–Trinajstić information content (AvgIpc) is 2.62. The van der Waals surface area contributed by atoms with Crippen molar-refractivity contribution in [3.8, 4) is 17.8 Å². The molecule has 0 unspecified atom stereocenters. The number of ether oxygens (including phenoxy) is 4. The van der Waals surface area contributed by atoms with Gasteiger partial charge < -0.3 is 24.3 Å². The standard InChI is InChI=1S/C15H21N3O6/c1-6-9(2)13(14(20)16-8-12(19)23-5)24-15-17-10(21-3)7-11(18-15)22-4/h7H,6,8H2,1-5H3,(H,16,20)/b13-9-. The second kappa shape index (κ2) is 9.33. The van der Waals surface area contributed by atoms with Crippen LogP contribution in [0, 0.1) is 0 Å². The molecule has 0 saturated carbocycles. The third-order valence-electron chi connectivity index (χ3n) is 3.02. The Morgan fingerprint density at radius 2 is 1.71 bits per heavy atom. The van der Waals surface area contributed by atoms with Crippen molar-refractivity contribution in [2.75, 3.05) is 27.9 Å². The number of amides is 1. The zero-order valence-electron chi connectivity index (χ0n) is 14.3. The Kier molecular flexibility index (Phi) is 7.47. The summed E-state index contributed by atoms with van der Waals surface area (Å²) >= 11 is 0. The monoisotopic (exact) mass is 339 g/mol. The fraction of sp³-hybridized carbons (Fsp3) is 0.467. The molecule has 9 heteroatoms. The first kappa shape index (κ1) is 19.2. The summed E-state index contributed by atoms with van der Waals surface area (Å²) in [5.74, 6) is -0.710. The predicted molar refractivity (Wildman–Crippen MR) is 83.8 cm³/mol. The van der Waals surface area contributed by atoms with Gasteiger partial charge in [0, 0.05) is 0 Å². The molecule has 0 saturated heterocycles. The normalized spacial score (nSPS) is 11.2. The van der Waals surface area contributed by atoms with Crippen LogP contribution in [0.3, 0.4) is 0 Å². The molecule has 0 spiro atoms. The van der Waals surface area contributed by atoms with Gasteiger partial charge in [-0.2, -0.15) is 9.97 Å². The van der Waals surface area contributed by atoms with Crippen LogP contribution in [0.5, 0.6) is 17.8 Å². The van der Waals surface area contributed by atoms with Crippen molar-refractivity contribution in [2.24, 2.45) is 0 Å². The van der Waals surface area contributed by atoms with Gasteiger partial charge in [0.1, 0.15) is 6.54 Å². The summed E-state index contributed by atoms with van der Waals surface area (Å²) in [6, 6.07) is 1.36. The summed E-state index contributed by atoms with van der Waals surface area (Å²) in [5, 5.41) is 2.41. The van der Waals surface area contributed by atoms with E-state index < -0.39 is 11.9 Å². The van der Waals surface area contributed by atoms with Gasteiger partial charge in [0.05, 0.1) is 27.4 Å². The molecular formula is C15H21N3O6. The molecule has 0 fully saturated rings. The van der Waals surface area contributed by atoms with Crippen molar-refractivity contribution >= 4 is 11.9 Å². The maximum atomic E-state index is 12.3. The van der Waals surface area contributed by atoms with Gasteiger partial charge in [-0.1, -0.05) is 6.92 Å². The highest BCUT2D eigenvalue weighted by Gasteiger charge is 2.19. The summed E-state index contributed by atoms with van der Waals surface area (Å²) in [4.78, 5) is 31.4. The third kappa shape index (κ3) is 5.41. The molecule has 0 atom stereocenters. The Balaban J connectivity index is 3.03. The molecule has 0 aliphatic heterocycles. The number of esters is 1. The van der Waals surface area contributed by atoms with Crippen LogP contribution in [-0.2, 0) is 14.3 Å². The molecule has 1 heterocycles. The van der Waals surface area contributed by atoms with Crippen LogP contribution in [0.15, 0.2) is 17.4 Å². The topological polar surface area (TPSA) is 109 Å². The van der Waals surface area contributed by atoms with E-state index in [2.05, 4.69) is 20.0 Å². The Hall–Kier alpha value is -2.84. The molecule has 1 rings (SSSR count). The van der Waals surface area contributed by atoms with E-state index in [4.69, 9.17) is 14.2 Å². The molecule has 0 radical (unpaired) electrons. The smallest absolute Gasteiger partial charge is 0.328 e. The molecule has 0 aliphatic rings. The van der Waals surface area contributed by atoms with E-state index in [-0.39, 0.29) is 30.1 Å². The lowest BCUT2D eigenvalue weighted by molar-refractivity contribution is -0.140. The predicted octanol–water partition coefficient (Wildman–Crippen LogP) is 0.846. The number of carbonyl (C=O) groups excluding carboxylic acids is 2. The van der Waals surface area contributed by atoms with Crippen molar-refractivity contribution in [2.45, 2.75) is 20.3 Å². The molecule has 0 aliphatic carbocycles. The molecule has 1 N–H and O–H groups in total. The number of carbonyl (C=O) groups is 2. The van der Waals surface area contributed by atoms with Crippen molar-refractivity contribution in [3.05, 3.63) is 17.4 Å². The van der Waals surface area contributed by atoms with E-state index in [1.807, 2.05) is 6.92 Å². The summed E-state index contributed by atoms with van der Waals surface area (Å²) in [5.41, 5.74) is 0.655.